The van der Waals surface area contributed by atoms with Crippen LogP contribution in [0.4, 0.5) is 10.5 Å². The summed E-state index contributed by atoms with van der Waals surface area (Å²) in [5, 5.41) is 4.82. The Balaban J connectivity index is 1.80. The molecule has 28 heavy (non-hydrogen) atoms. The van der Waals surface area contributed by atoms with Crippen molar-refractivity contribution < 1.29 is 14.0 Å². The number of aryl methyl sites for hydroxylation is 1. The molecule has 0 saturated carbocycles. The van der Waals surface area contributed by atoms with Crippen LogP contribution in [0.15, 0.2) is 15.5 Å². The third-order valence-electron chi connectivity index (χ3n) is 5.24. The maximum Gasteiger partial charge on any atom is 0.322 e. The van der Waals surface area contributed by atoms with E-state index in [1.807, 2.05) is 6.92 Å². The average molecular weight is 390 g/mol. The SMILES string of the molecule is CCCN1CCCN(C(CC)=Nc2cc(C3NC(=O)NC3=O)oc2CC)CC1. The molecule has 0 aromatic carbocycles. The fourth-order valence-electron chi connectivity index (χ4n) is 3.83. The highest BCUT2D eigenvalue weighted by Crippen LogP contribution is 2.30. The van der Waals surface area contributed by atoms with Gasteiger partial charge in [-0.1, -0.05) is 20.8 Å². The lowest BCUT2D eigenvalue weighted by molar-refractivity contribution is -0.120. The molecule has 8 nitrogen and oxygen atoms in total. The lowest BCUT2D eigenvalue weighted by Gasteiger charge is -2.24. The zero-order valence-electron chi connectivity index (χ0n) is 17.1. The largest absolute Gasteiger partial charge is 0.461 e. The van der Waals surface area contributed by atoms with Crippen molar-refractivity contribution in [1.82, 2.24) is 20.4 Å². The number of rotatable bonds is 6. The lowest BCUT2D eigenvalue weighted by atomic mass is 10.2. The molecule has 1 aromatic rings. The molecule has 2 fully saturated rings. The van der Waals surface area contributed by atoms with E-state index >= 15 is 0 Å². The molecule has 2 aliphatic rings. The van der Waals surface area contributed by atoms with Gasteiger partial charge in [-0.2, -0.15) is 0 Å². The van der Waals surface area contributed by atoms with Gasteiger partial charge in [-0.15, -0.1) is 0 Å². The van der Waals surface area contributed by atoms with Gasteiger partial charge in [0.2, 0.25) is 0 Å². The van der Waals surface area contributed by atoms with E-state index in [-0.39, 0.29) is 0 Å². The summed E-state index contributed by atoms with van der Waals surface area (Å²) in [6, 6.07) is 0.503. The Morgan fingerprint density at radius 1 is 1.21 bits per heavy atom. The zero-order valence-corrected chi connectivity index (χ0v) is 17.1. The molecule has 2 N–H and O–H groups in total. The Morgan fingerprint density at radius 2 is 2.04 bits per heavy atom. The molecule has 1 aromatic heterocycles. The summed E-state index contributed by atoms with van der Waals surface area (Å²) in [5.74, 6) is 1.81. The Labute approximate surface area is 166 Å². The van der Waals surface area contributed by atoms with Gasteiger partial charge in [-0.3, -0.25) is 10.1 Å². The first-order valence-electron chi connectivity index (χ1n) is 10.3. The standard InChI is InChI=1S/C20H31N5O3/c1-4-8-24-9-7-10-25(12-11-24)17(6-3)21-14-13-16(28-15(14)5-2)18-19(26)23-20(27)22-18/h13,18H,4-12H2,1-3H3,(H2,22,23,26,27). The highest BCUT2D eigenvalue weighted by atomic mass is 16.3. The molecule has 2 saturated heterocycles. The Morgan fingerprint density at radius 3 is 2.68 bits per heavy atom. The number of nitrogens with zero attached hydrogens (tertiary/aromatic N) is 3. The van der Waals surface area contributed by atoms with Gasteiger partial charge in [-0.05, 0) is 25.9 Å². The number of carbonyl (C=O) groups excluding carboxylic acids is 2. The molecule has 8 heteroatoms. The lowest BCUT2D eigenvalue weighted by Crippen LogP contribution is -2.35. The summed E-state index contributed by atoms with van der Waals surface area (Å²) >= 11 is 0. The van der Waals surface area contributed by atoms with Crippen molar-refractivity contribution in [2.24, 2.45) is 4.99 Å². The zero-order chi connectivity index (χ0) is 20.1. The summed E-state index contributed by atoms with van der Waals surface area (Å²) in [7, 11) is 0. The van der Waals surface area contributed by atoms with Crippen LogP contribution < -0.4 is 10.6 Å². The van der Waals surface area contributed by atoms with Crippen molar-refractivity contribution in [2.75, 3.05) is 32.7 Å². The van der Waals surface area contributed by atoms with Crippen LogP contribution in [-0.2, 0) is 11.2 Å². The molecule has 1 atom stereocenters. The van der Waals surface area contributed by atoms with Crippen LogP contribution in [0.3, 0.4) is 0 Å². The molecular formula is C20H31N5O3. The number of urea groups is 1. The van der Waals surface area contributed by atoms with E-state index in [1.54, 1.807) is 6.07 Å². The van der Waals surface area contributed by atoms with Crippen molar-refractivity contribution in [1.29, 1.82) is 0 Å². The monoisotopic (exact) mass is 389 g/mol. The van der Waals surface area contributed by atoms with Crippen molar-refractivity contribution in [3.05, 3.63) is 17.6 Å². The van der Waals surface area contributed by atoms with Gasteiger partial charge in [0.1, 0.15) is 23.0 Å². The highest BCUT2D eigenvalue weighted by Gasteiger charge is 2.34. The van der Waals surface area contributed by atoms with E-state index in [1.165, 1.54) is 6.42 Å². The fraction of sp³-hybridized carbons (Fsp3) is 0.650. The van der Waals surface area contributed by atoms with Crippen molar-refractivity contribution in [3.63, 3.8) is 0 Å². The van der Waals surface area contributed by atoms with Gasteiger partial charge >= 0.3 is 6.03 Å². The number of hydrogen-bond acceptors (Lipinski definition) is 5. The van der Waals surface area contributed by atoms with E-state index in [4.69, 9.17) is 9.41 Å². The Kier molecular flexibility index (Phi) is 6.72. The minimum Gasteiger partial charge on any atom is -0.461 e. The van der Waals surface area contributed by atoms with E-state index in [0.29, 0.717) is 12.2 Å². The summed E-state index contributed by atoms with van der Waals surface area (Å²) in [6.45, 7) is 11.6. The van der Waals surface area contributed by atoms with Gasteiger partial charge in [0.25, 0.3) is 5.91 Å². The normalized spacial score (nSPS) is 21.6. The highest BCUT2D eigenvalue weighted by molar-refractivity contribution is 6.04. The number of amides is 3. The first-order chi connectivity index (χ1) is 13.5. The smallest absolute Gasteiger partial charge is 0.322 e. The molecule has 0 aliphatic carbocycles. The molecule has 1 unspecified atom stereocenters. The number of hydrogen-bond donors (Lipinski definition) is 2. The maximum absolute atomic E-state index is 11.9. The summed E-state index contributed by atoms with van der Waals surface area (Å²) < 4.78 is 5.86. The number of carbonyl (C=O) groups is 2. The van der Waals surface area contributed by atoms with Crippen LogP contribution in [-0.4, -0.2) is 60.3 Å². The molecule has 0 spiro atoms. The molecule has 3 amide bonds. The van der Waals surface area contributed by atoms with E-state index < -0.39 is 18.0 Å². The van der Waals surface area contributed by atoms with Gasteiger partial charge in [0, 0.05) is 38.5 Å². The average Bonchev–Trinajstić information content (AvgIpc) is 3.14. The number of imide groups is 1. The number of nitrogens with one attached hydrogen (secondary N) is 2. The third-order valence-corrected chi connectivity index (χ3v) is 5.24. The predicted molar refractivity (Wildman–Crippen MR) is 108 cm³/mol. The van der Waals surface area contributed by atoms with Gasteiger partial charge in [0.15, 0.2) is 6.04 Å². The van der Waals surface area contributed by atoms with Gasteiger partial charge < -0.3 is 19.5 Å². The summed E-state index contributed by atoms with van der Waals surface area (Å²) in [4.78, 5) is 33.1. The number of aliphatic imine (C=N–C) groups is 1. The fourth-order valence-corrected chi connectivity index (χ4v) is 3.83. The van der Waals surface area contributed by atoms with Gasteiger partial charge in [-0.25, -0.2) is 9.79 Å². The molecule has 0 radical (unpaired) electrons. The first-order valence-corrected chi connectivity index (χ1v) is 10.3. The van der Waals surface area contributed by atoms with Crippen molar-refractivity contribution in [2.45, 2.75) is 52.5 Å². The maximum atomic E-state index is 11.9. The van der Waals surface area contributed by atoms with E-state index in [0.717, 1.165) is 62.8 Å². The second-order valence-corrected chi connectivity index (χ2v) is 7.27. The van der Waals surface area contributed by atoms with Crippen LogP contribution >= 0.6 is 0 Å². The Hall–Kier alpha value is -2.35. The molecule has 154 valence electrons. The minimum absolute atomic E-state index is 0.392. The molecule has 3 heterocycles. The minimum atomic E-state index is -0.785. The molecular weight excluding hydrogens is 358 g/mol. The topological polar surface area (TPSA) is 90.2 Å². The third kappa shape index (κ3) is 4.55. The molecule has 0 bridgehead atoms. The van der Waals surface area contributed by atoms with Crippen molar-refractivity contribution >= 4 is 23.5 Å². The Bertz CT molecular complexity index is 742. The quantitative estimate of drug-likeness (QED) is 0.443. The van der Waals surface area contributed by atoms with Crippen molar-refractivity contribution in [3.8, 4) is 0 Å². The second-order valence-electron chi connectivity index (χ2n) is 7.27. The van der Waals surface area contributed by atoms with E-state index in [2.05, 4.69) is 34.3 Å². The van der Waals surface area contributed by atoms with Crippen LogP contribution in [0, 0.1) is 0 Å². The number of amidine groups is 1. The predicted octanol–water partition coefficient (Wildman–Crippen LogP) is 2.58. The van der Waals surface area contributed by atoms with Crippen LogP contribution in [0.2, 0.25) is 0 Å². The van der Waals surface area contributed by atoms with Crippen LogP contribution in [0.25, 0.3) is 0 Å². The van der Waals surface area contributed by atoms with Crippen LogP contribution in [0.1, 0.15) is 57.6 Å². The molecule has 2 aliphatic heterocycles. The second kappa shape index (κ2) is 9.23. The summed E-state index contributed by atoms with van der Waals surface area (Å²) in [6.07, 6.45) is 3.81. The van der Waals surface area contributed by atoms with Gasteiger partial charge in [0.05, 0.1) is 0 Å². The van der Waals surface area contributed by atoms with Crippen LogP contribution in [0.5, 0.6) is 0 Å². The first kappa shape index (κ1) is 20.4. The summed E-state index contributed by atoms with van der Waals surface area (Å²) in [5.41, 5.74) is 0.748. The van der Waals surface area contributed by atoms with E-state index in [9.17, 15) is 9.59 Å². The molecule has 3 rings (SSSR count). The number of furan rings is 1.